The minimum Gasteiger partial charge on any atom is -0.465 e. The molecule has 1 aromatic carbocycles. The summed E-state index contributed by atoms with van der Waals surface area (Å²) in [4.78, 5) is 11.6. The van der Waals surface area contributed by atoms with Crippen molar-refractivity contribution < 1.29 is 26.5 Å². The van der Waals surface area contributed by atoms with Crippen LogP contribution in [0.25, 0.3) is 0 Å². The molecule has 0 radical (unpaired) electrons. The average molecular weight is 275 g/mol. The van der Waals surface area contributed by atoms with Crippen LogP contribution in [0, 0.1) is 5.82 Å². The number of esters is 1. The predicted molar refractivity (Wildman–Crippen MR) is 58.5 cm³/mol. The Bertz CT molecular complexity index is 586. The van der Waals surface area contributed by atoms with Gasteiger partial charge in [0.15, 0.2) is 11.8 Å². The third-order valence-electron chi connectivity index (χ3n) is 2.27. The SMILES string of the molecule is CCOC(=O)[C@@H]1NS(=O)(=O)Oc2cc(F)ccc21. The Labute approximate surface area is 103 Å². The second-order valence-corrected chi connectivity index (χ2v) is 4.83. The molecule has 1 N–H and O–H groups in total. The first-order valence-electron chi connectivity index (χ1n) is 5.11. The minimum absolute atomic E-state index is 0.106. The molecule has 1 aromatic rings. The fourth-order valence-corrected chi connectivity index (χ4v) is 2.51. The monoisotopic (exact) mass is 275 g/mol. The van der Waals surface area contributed by atoms with E-state index in [1.54, 1.807) is 6.92 Å². The van der Waals surface area contributed by atoms with Gasteiger partial charge in [0.05, 0.1) is 6.61 Å². The molecule has 98 valence electrons. The number of halogens is 1. The zero-order chi connectivity index (χ0) is 13.3. The molecule has 0 amide bonds. The summed E-state index contributed by atoms with van der Waals surface area (Å²) in [5.41, 5.74) is 0.213. The molecule has 0 aliphatic carbocycles. The van der Waals surface area contributed by atoms with Crippen molar-refractivity contribution in [3.8, 4) is 5.75 Å². The first-order chi connectivity index (χ1) is 8.43. The largest absolute Gasteiger partial charge is 0.465 e. The molecule has 1 heterocycles. The number of hydrogen-bond acceptors (Lipinski definition) is 5. The Morgan fingerprint density at radius 3 is 2.94 bits per heavy atom. The molecule has 0 saturated heterocycles. The smallest absolute Gasteiger partial charge is 0.383 e. The highest BCUT2D eigenvalue weighted by Crippen LogP contribution is 2.32. The predicted octanol–water partition coefficient (Wildman–Crippen LogP) is 0.657. The van der Waals surface area contributed by atoms with Crippen molar-refractivity contribution in [2.45, 2.75) is 13.0 Å². The van der Waals surface area contributed by atoms with Gasteiger partial charge in [-0.15, -0.1) is 0 Å². The van der Waals surface area contributed by atoms with Gasteiger partial charge in [0.2, 0.25) is 0 Å². The van der Waals surface area contributed by atoms with Crippen LogP contribution < -0.4 is 8.91 Å². The van der Waals surface area contributed by atoms with Gasteiger partial charge in [0, 0.05) is 11.6 Å². The number of hydrogen-bond donors (Lipinski definition) is 1. The fraction of sp³-hybridized carbons (Fsp3) is 0.300. The quantitative estimate of drug-likeness (QED) is 0.802. The Morgan fingerprint density at radius 2 is 2.28 bits per heavy atom. The molecule has 0 saturated carbocycles. The van der Waals surface area contributed by atoms with E-state index in [0.717, 1.165) is 12.1 Å². The molecule has 1 aliphatic heterocycles. The Balaban J connectivity index is 2.47. The first-order valence-corrected chi connectivity index (χ1v) is 6.51. The molecular weight excluding hydrogens is 265 g/mol. The second-order valence-electron chi connectivity index (χ2n) is 3.52. The Morgan fingerprint density at radius 1 is 1.56 bits per heavy atom. The summed E-state index contributed by atoms with van der Waals surface area (Å²) in [6, 6.07) is 2.06. The highest BCUT2D eigenvalue weighted by Gasteiger charge is 2.36. The molecule has 0 spiro atoms. The van der Waals surface area contributed by atoms with E-state index in [9.17, 15) is 17.6 Å². The Hall–Kier alpha value is -1.67. The summed E-state index contributed by atoms with van der Waals surface area (Å²) in [5, 5.41) is 0. The number of benzene rings is 1. The molecule has 0 aromatic heterocycles. The van der Waals surface area contributed by atoms with E-state index in [-0.39, 0.29) is 17.9 Å². The van der Waals surface area contributed by atoms with Crippen LogP contribution in [0.4, 0.5) is 4.39 Å². The first kappa shape index (κ1) is 12.8. The summed E-state index contributed by atoms with van der Waals surface area (Å²) in [6.45, 7) is 1.70. The zero-order valence-electron chi connectivity index (χ0n) is 9.34. The van der Waals surface area contributed by atoms with Crippen LogP contribution >= 0.6 is 0 Å². The van der Waals surface area contributed by atoms with Crippen molar-refractivity contribution in [3.63, 3.8) is 0 Å². The van der Waals surface area contributed by atoms with Gasteiger partial charge in [-0.2, -0.15) is 13.1 Å². The van der Waals surface area contributed by atoms with Gasteiger partial charge in [-0.3, -0.25) is 0 Å². The standard InChI is InChI=1S/C10H10FNO5S/c1-2-16-10(13)9-7-4-3-6(11)5-8(7)17-18(14,15)12-9/h3-5,9,12H,2H2,1H3/t9-/m1/s1. The highest BCUT2D eigenvalue weighted by molar-refractivity contribution is 7.85. The van der Waals surface area contributed by atoms with E-state index in [2.05, 4.69) is 4.18 Å². The summed E-state index contributed by atoms with van der Waals surface area (Å²) in [7, 11) is -4.14. The van der Waals surface area contributed by atoms with Gasteiger partial charge in [0.25, 0.3) is 0 Å². The van der Waals surface area contributed by atoms with Crippen LogP contribution in [-0.2, 0) is 19.8 Å². The van der Waals surface area contributed by atoms with Crippen molar-refractivity contribution in [1.82, 2.24) is 4.72 Å². The molecule has 0 unspecified atom stereocenters. The highest BCUT2D eigenvalue weighted by atomic mass is 32.2. The van der Waals surface area contributed by atoms with Crippen molar-refractivity contribution in [2.75, 3.05) is 6.61 Å². The number of carbonyl (C=O) groups excluding carboxylic acids is 1. The van der Waals surface area contributed by atoms with Crippen LogP contribution in [0.5, 0.6) is 5.75 Å². The third-order valence-corrected chi connectivity index (χ3v) is 3.19. The van der Waals surface area contributed by atoms with Crippen molar-refractivity contribution >= 4 is 16.3 Å². The average Bonchev–Trinajstić information content (AvgIpc) is 2.26. The summed E-state index contributed by atoms with van der Waals surface area (Å²) >= 11 is 0. The van der Waals surface area contributed by atoms with Gasteiger partial charge in [0.1, 0.15) is 5.82 Å². The number of carbonyl (C=O) groups is 1. The van der Waals surface area contributed by atoms with Gasteiger partial charge in [-0.05, 0) is 13.0 Å². The Kier molecular flexibility index (Phi) is 3.22. The molecule has 0 fully saturated rings. The number of rotatable bonds is 2. The van der Waals surface area contributed by atoms with Crippen molar-refractivity contribution in [1.29, 1.82) is 0 Å². The van der Waals surface area contributed by atoms with Crippen LogP contribution in [-0.4, -0.2) is 21.0 Å². The zero-order valence-corrected chi connectivity index (χ0v) is 10.2. The lowest BCUT2D eigenvalue weighted by molar-refractivity contribution is -0.145. The third kappa shape index (κ3) is 2.44. The molecule has 1 atom stereocenters. The minimum atomic E-state index is -4.14. The normalized spacial score (nSPS) is 20.7. The summed E-state index contributed by atoms with van der Waals surface area (Å²) in [6.07, 6.45) is 0. The number of fused-ring (bicyclic) bond motifs is 1. The maximum absolute atomic E-state index is 13.0. The number of ether oxygens (including phenoxy) is 1. The van der Waals surface area contributed by atoms with E-state index in [1.807, 2.05) is 4.72 Å². The van der Waals surface area contributed by atoms with E-state index in [1.165, 1.54) is 6.07 Å². The lowest BCUT2D eigenvalue weighted by atomic mass is 10.1. The molecule has 18 heavy (non-hydrogen) atoms. The summed E-state index contributed by atoms with van der Waals surface area (Å²) in [5.74, 6) is -1.64. The molecule has 2 rings (SSSR count). The summed E-state index contributed by atoms with van der Waals surface area (Å²) < 4.78 is 47.1. The maximum atomic E-state index is 13.0. The lowest BCUT2D eigenvalue weighted by Crippen LogP contribution is -2.41. The molecular formula is C10H10FNO5S. The fourth-order valence-electron chi connectivity index (χ4n) is 1.57. The van der Waals surface area contributed by atoms with Crippen LogP contribution in [0.3, 0.4) is 0 Å². The van der Waals surface area contributed by atoms with Gasteiger partial charge in [-0.1, -0.05) is 6.07 Å². The van der Waals surface area contributed by atoms with Crippen LogP contribution in [0.1, 0.15) is 18.5 Å². The van der Waals surface area contributed by atoms with E-state index >= 15 is 0 Å². The van der Waals surface area contributed by atoms with Gasteiger partial charge < -0.3 is 8.92 Å². The van der Waals surface area contributed by atoms with Crippen molar-refractivity contribution in [3.05, 3.63) is 29.6 Å². The maximum Gasteiger partial charge on any atom is 0.383 e. The molecule has 0 bridgehead atoms. The van der Waals surface area contributed by atoms with Gasteiger partial charge in [-0.25, -0.2) is 9.18 Å². The van der Waals surface area contributed by atoms with E-state index < -0.39 is 28.1 Å². The molecule has 6 nitrogen and oxygen atoms in total. The molecule has 8 heteroatoms. The number of nitrogens with one attached hydrogen (secondary N) is 1. The van der Waals surface area contributed by atoms with Crippen molar-refractivity contribution in [2.24, 2.45) is 0 Å². The molecule has 1 aliphatic rings. The lowest BCUT2D eigenvalue weighted by Gasteiger charge is -2.24. The van der Waals surface area contributed by atoms with E-state index in [0.29, 0.717) is 0 Å². The topological polar surface area (TPSA) is 81.7 Å². The van der Waals surface area contributed by atoms with Crippen LogP contribution in [0.15, 0.2) is 18.2 Å². The second kappa shape index (κ2) is 4.54. The van der Waals surface area contributed by atoms with Crippen LogP contribution in [0.2, 0.25) is 0 Å². The van der Waals surface area contributed by atoms with Gasteiger partial charge >= 0.3 is 16.3 Å². The van der Waals surface area contributed by atoms with E-state index in [4.69, 9.17) is 4.74 Å².